The third-order valence-electron chi connectivity index (χ3n) is 9.56. The van der Waals surface area contributed by atoms with Crippen LogP contribution in [0.5, 0.6) is 0 Å². The third-order valence-corrected chi connectivity index (χ3v) is 9.56. The number of Topliss-reactive ketones (excluding diaryl/α,β-unsaturated/α-hetero) is 1. The molecular formula is C28H38O10. The molecule has 4 saturated carbocycles. The van der Waals surface area contributed by atoms with Crippen LogP contribution in [-0.2, 0) is 42.9 Å². The molecule has 0 amide bonds. The van der Waals surface area contributed by atoms with Crippen molar-refractivity contribution in [3.05, 3.63) is 12.2 Å². The van der Waals surface area contributed by atoms with E-state index in [0.29, 0.717) is 18.4 Å². The van der Waals surface area contributed by atoms with Gasteiger partial charge < -0.3 is 24.1 Å². The monoisotopic (exact) mass is 534 g/mol. The first-order valence-electron chi connectivity index (χ1n) is 13.1. The normalized spacial score (nSPS) is 42.8. The standard InChI is InChI=1S/C28H38O10/c1-12-17-9-19(35-13(2)29)22-27(8)21(18(33)11-28(22,10-17)24(12)37-15(4)31)26(6,7)25(38-16(5)32)20(23(27)34)36-14(3)30/h17,19-25,34H,1,9-11H2,2-8H3/t17-,19+,20+,21-,22+,23+,24-,25+,27-,28-/m1/s1. The summed E-state index contributed by atoms with van der Waals surface area (Å²) in [7, 11) is 0. The van der Waals surface area contributed by atoms with Gasteiger partial charge in [0.15, 0.2) is 6.10 Å². The van der Waals surface area contributed by atoms with Gasteiger partial charge in [0.2, 0.25) is 0 Å². The molecule has 4 rings (SSSR count). The highest BCUT2D eigenvalue weighted by atomic mass is 16.6. The topological polar surface area (TPSA) is 143 Å². The average molecular weight is 535 g/mol. The molecule has 10 nitrogen and oxygen atoms in total. The van der Waals surface area contributed by atoms with Crippen molar-refractivity contribution in [2.24, 2.45) is 34.0 Å². The van der Waals surface area contributed by atoms with Gasteiger partial charge in [0.05, 0.1) is 0 Å². The first kappa shape index (κ1) is 28.3. The van der Waals surface area contributed by atoms with E-state index in [9.17, 15) is 29.1 Å². The summed E-state index contributed by atoms with van der Waals surface area (Å²) in [5.41, 5.74) is -2.72. The Kier molecular flexibility index (Phi) is 6.82. The average Bonchev–Trinajstić information content (AvgIpc) is 2.94. The summed E-state index contributed by atoms with van der Waals surface area (Å²) in [6, 6.07) is 0. The minimum Gasteiger partial charge on any atom is -0.462 e. The van der Waals surface area contributed by atoms with Crippen molar-refractivity contribution in [2.45, 2.75) is 98.2 Å². The molecule has 0 aliphatic heterocycles. The van der Waals surface area contributed by atoms with Crippen LogP contribution in [0.2, 0.25) is 0 Å². The van der Waals surface area contributed by atoms with Gasteiger partial charge in [0.1, 0.15) is 30.2 Å². The molecule has 38 heavy (non-hydrogen) atoms. The van der Waals surface area contributed by atoms with E-state index in [0.717, 1.165) is 0 Å². The van der Waals surface area contributed by atoms with Gasteiger partial charge in [0, 0.05) is 62.2 Å². The number of aliphatic hydroxyl groups is 1. The minimum atomic E-state index is -1.47. The molecule has 0 saturated heterocycles. The number of aliphatic hydroxyl groups excluding tert-OH is 1. The Morgan fingerprint density at radius 3 is 1.97 bits per heavy atom. The van der Waals surface area contributed by atoms with Crippen LogP contribution in [0.15, 0.2) is 12.2 Å². The minimum absolute atomic E-state index is 0.00429. The smallest absolute Gasteiger partial charge is 0.303 e. The number of carbonyl (C=O) groups excluding carboxylic acids is 5. The lowest BCUT2D eigenvalue weighted by atomic mass is 9.38. The summed E-state index contributed by atoms with van der Waals surface area (Å²) < 4.78 is 22.9. The number of fused-ring (bicyclic) bond motifs is 3. The van der Waals surface area contributed by atoms with Crippen LogP contribution >= 0.6 is 0 Å². The molecule has 4 fully saturated rings. The van der Waals surface area contributed by atoms with E-state index in [1.54, 1.807) is 20.8 Å². The zero-order chi connectivity index (χ0) is 28.5. The van der Waals surface area contributed by atoms with Gasteiger partial charge in [-0.2, -0.15) is 0 Å². The predicted octanol–water partition coefficient (Wildman–Crippen LogP) is 2.29. The quantitative estimate of drug-likeness (QED) is 0.324. The Hall–Kier alpha value is -2.75. The van der Waals surface area contributed by atoms with E-state index >= 15 is 0 Å². The summed E-state index contributed by atoms with van der Waals surface area (Å²) in [6.07, 6.45) is -4.55. The number of carbonyl (C=O) groups is 5. The number of rotatable bonds is 4. The fraction of sp³-hybridized carbons (Fsp3) is 0.750. The molecule has 0 unspecified atom stereocenters. The molecule has 1 N–H and O–H groups in total. The zero-order valence-electron chi connectivity index (χ0n) is 23.1. The molecule has 10 heteroatoms. The maximum absolute atomic E-state index is 14.2. The molecule has 0 heterocycles. The maximum atomic E-state index is 14.2. The van der Waals surface area contributed by atoms with Crippen LogP contribution in [-0.4, -0.2) is 65.3 Å². The molecule has 0 aromatic carbocycles. The number of hydrogen-bond acceptors (Lipinski definition) is 10. The summed E-state index contributed by atoms with van der Waals surface area (Å²) in [6.45, 7) is 14.5. The maximum Gasteiger partial charge on any atom is 0.303 e. The number of esters is 4. The van der Waals surface area contributed by atoms with Gasteiger partial charge in [-0.1, -0.05) is 27.4 Å². The van der Waals surface area contributed by atoms with Crippen molar-refractivity contribution < 1.29 is 48.0 Å². The molecule has 1 spiro atoms. The molecule has 210 valence electrons. The van der Waals surface area contributed by atoms with Crippen LogP contribution in [0.4, 0.5) is 0 Å². The Labute approximate surface area is 222 Å². The number of hydrogen-bond donors (Lipinski definition) is 1. The van der Waals surface area contributed by atoms with Crippen LogP contribution < -0.4 is 0 Å². The first-order valence-corrected chi connectivity index (χ1v) is 13.1. The molecule has 0 radical (unpaired) electrons. The fourth-order valence-corrected chi connectivity index (χ4v) is 8.92. The van der Waals surface area contributed by atoms with Crippen molar-refractivity contribution in [3.8, 4) is 0 Å². The summed E-state index contributed by atoms with van der Waals surface area (Å²) in [5.74, 6) is -4.25. The number of ketones is 1. The van der Waals surface area contributed by atoms with E-state index in [1.165, 1.54) is 27.7 Å². The van der Waals surface area contributed by atoms with Gasteiger partial charge in [-0.25, -0.2) is 0 Å². The van der Waals surface area contributed by atoms with Gasteiger partial charge in [-0.15, -0.1) is 0 Å². The van der Waals surface area contributed by atoms with Crippen LogP contribution in [0.3, 0.4) is 0 Å². The van der Waals surface area contributed by atoms with Crippen LogP contribution in [0.1, 0.15) is 67.7 Å². The molecule has 4 aliphatic rings. The predicted molar refractivity (Wildman–Crippen MR) is 131 cm³/mol. The molecule has 2 bridgehead atoms. The lowest BCUT2D eigenvalue weighted by molar-refractivity contribution is -0.285. The van der Waals surface area contributed by atoms with Crippen LogP contribution in [0.25, 0.3) is 0 Å². The second kappa shape index (κ2) is 9.17. The van der Waals surface area contributed by atoms with E-state index in [4.69, 9.17) is 18.9 Å². The highest BCUT2D eigenvalue weighted by Crippen LogP contribution is 2.72. The lowest BCUT2D eigenvalue weighted by Crippen LogP contribution is -2.75. The van der Waals surface area contributed by atoms with Crippen molar-refractivity contribution in [2.75, 3.05) is 0 Å². The Balaban J connectivity index is 1.97. The van der Waals surface area contributed by atoms with Gasteiger partial charge in [0.25, 0.3) is 0 Å². The van der Waals surface area contributed by atoms with E-state index in [1.807, 2.05) is 0 Å². The SMILES string of the molecule is C=C1[C@@H]2C[C@H](OC(C)=O)[C@@H]3[C@](CC(=O)[C@@H]4C(C)(C)[C@@H](OC(C)=O)[C@@H](OC(C)=O)[C@H](O)[C@]43C)(C2)[C@@H]1OC(C)=O. The molecule has 0 aromatic rings. The fourth-order valence-electron chi connectivity index (χ4n) is 8.92. The van der Waals surface area contributed by atoms with Crippen LogP contribution in [0, 0.1) is 34.0 Å². The van der Waals surface area contributed by atoms with Gasteiger partial charge >= 0.3 is 23.9 Å². The summed E-state index contributed by atoms with van der Waals surface area (Å²) in [4.78, 5) is 63.0. The summed E-state index contributed by atoms with van der Waals surface area (Å²) in [5, 5.41) is 12.1. The summed E-state index contributed by atoms with van der Waals surface area (Å²) >= 11 is 0. The van der Waals surface area contributed by atoms with E-state index in [-0.39, 0.29) is 18.1 Å². The van der Waals surface area contributed by atoms with E-state index < -0.39 is 82.5 Å². The van der Waals surface area contributed by atoms with Crippen molar-refractivity contribution in [1.29, 1.82) is 0 Å². The lowest BCUT2D eigenvalue weighted by Gasteiger charge is -2.67. The van der Waals surface area contributed by atoms with Crippen molar-refractivity contribution in [1.82, 2.24) is 0 Å². The van der Waals surface area contributed by atoms with Gasteiger partial charge in [-0.05, 0) is 24.3 Å². The van der Waals surface area contributed by atoms with Crippen molar-refractivity contribution in [3.63, 3.8) is 0 Å². The molecule has 0 aromatic heterocycles. The Bertz CT molecular complexity index is 1090. The first-order chi connectivity index (χ1) is 17.5. The zero-order valence-corrected chi connectivity index (χ0v) is 23.1. The Morgan fingerprint density at radius 1 is 0.895 bits per heavy atom. The molecule has 4 aliphatic carbocycles. The third kappa shape index (κ3) is 3.98. The van der Waals surface area contributed by atoms with Crippen molar-refractivity contribution >= 4 is 29.7 Å². The highest BCUT2D eigenvalue weighted by Gasteiger charge is 2.77. The second-order valence-corrected chi connectivity index (χ2v) is 12.4. The van der Waals surface area contributed by atoms with Gasteiger partial charge in [-0.3, -0.25) is 24.0 Å². The van der Waals surface area contributed by atoms with E-state index in [2.05, 4.69) is 6.58 Å². The highest BCUT2D eigenvalue weighted by molar-refractivity contribution is 5.86. The second-order valence-electron chi connectivity index (χ2n) is 12.4. The largest absolute Gasteiger partial charge is 0.462 e. The Morgan fingerprint density at radius 2 is 1.45 bits per heavy atom. The molecule has 10 atom stereocenters. The molecular weight excluding hydrogens is 496 g/mol. The number of ether oxygens (including phenoxy) is 4.